The number of carbonyl (C=O) groups excluding carboxylic acids is 2. The topological polar surface area (TPSA) is 63.0 Å². The van der Waals surface area contributed by atoms with Crippen molar-refractivity contribution in [2.45, 2.75) is 33.3 Å². The Hall–Kier alpha value is -1.86. The third-order valence-corrected chi connectivity index (χ3v) is 4.43. The lowest BCUT2D eigenvalue weighted by molar-refractivity contribution is -0.155. The van der Waals surface area contributed by atoms with Crippen LogP contribution in [0.1, 0.15) is 36.9 Å². The van der Waals surface area contributed by atoms with Gasteiger partial charge in [0.25, 0.3) is 5.91 Å². The van der Waals surface area contributed by atoms with E-state index in [4.69, 9.17) is 9.15 Å². The zero-order chi connectivity index (χ0) is 20.4. The number of rotatable bonds is 6. The Morgan fingerprint density at radius 2 is 1.85 bits per heavy atom. The van der Waals surface area contributed by atoms with Crippen LogP contribution in [0.4, 0.5) is 0 Å². The number of carbonyl (C=O) groups is 2. The van der Waals surface area contributed by atoms with E-state index in [1.54, 1.807) is 20.8 Å². The maximum absolute atomic E-state index is 13.1. The summed E-state index contributed by atoms with van der Waals surface area (Å²) in [7, 11) is 3.83. The van der Waals surface area contributed by atoms with E-state index in [1.807, 2.05) is 44.1 Å². The third-order valence-electron chi connectivity index (χ3n) is 3.94. The average molecular weight is 439 g/mol. The Balaban J connectivity index is 2.30. The molecule has 2 rings (SSSR count). The number of amides is 1. The quantitative estimate of drug-likeness (QED) is 0.640. The lowest BCUT2D eigenvalue weighted by atomic mass is 10.1. The smallest absolute Gasteiger partial charge is 0.326 e. The number of furan rings is 1. The van der Waals surface area contributed by atoms with Crippen LogP contribution in [-0.4, -0.2) is 61.0 Å². The van der Waals surface area contributed by atoms with Crippen molar-refractivity contribution in [3.63, 3.8) is 0 Å². The Morgan fingerprint density at radius 3 is 2.44 bits per heavy atom. The standard InChI is InChI=1S/C20H27BrN2O4/c1-13-15-11-14(21)7-8-16(15)26-18(13)19(25)23(10-9-22(5)6)12-17(24)27-20(2,3)4/h7-8,11H,9-10,12H2,1-6H3. The van der Waals surface area contributed by atoms with E-state index in [1.165, 1.54) is 4.90 Å². The van der Waals surface area contributed by atoms with Gasteiger partial charge in [0.2, 0.25) is 0 Å². The van der Waals surface area contributed by atoms with E-state index in [0.717, 1.165) is 15.4 Å². The largest absolute Gasteiger partial charge is 0.459 e. The van der Waals surface area contributed by atoms with Gasteiger partial charge in [0.05, 0.1) is 0 Å². The molecule has 1 aromatic heterocycles. The Bertz CT molecular complexity index is 836. The second kappa shape index (κ2) is 8.44. The zero-order valence-electron chi connectivity index (χ0n) is 16.8. The molecule has 148 valence electrons. The molecule has 1 aromatic carbocycles. The first-order valence-corrected chi connectivity index (χ1v) is 9.62. The van der Waals surface area contributed by atoms with Crippen molar-refractivity contribution >= 4 is 38.8 Å². The highest BCUT2D eigenvalue weighted by atomic mass is 79.9. The number of nitrogens with zero attached hydrogens (tertiary/aromatic N) is 2. The number of aryl methyl sites for hydroxylation is 1. The number of hydrogen-bond donors (Lipinski definition) is 0. The van der Waals surface area contributed by atoms with Crippen LogP contribution in [0.15, 0.2) is 27.1 Å². The molecule has 0 unspecified atom stereocenters. The first-order chi connectivity index (χ1) is 12.5. The fraction of sp³-hybridized carbons (Fsp3) is 0.500. The molecule has 0 N–H and O–H groups in total. The fourth-order valence-electron chi connectivity index (χ4n) is 2.64. The molecule has 0 saturated heterocycles. The molecule has 1 heterocycles. The minimum atomic E-state index is -0.602. The lowest BCUT2D eigenvalue weighted by Gasteiger charge is -2.25. The number of ether oxygens (including phenoxy) is 1. The third kappa shape index (κ3) is 5.81. The van der Waals surface area contributed by atoms with Crippen molar-refractivity contribution in [3.8, 4) is 0 Å². The maximum atomic E-state index is 13.1. The van der Waals surface area contributed by atoms with E-state index in [2.05, 4.69) is 15.9 Å². The second-order valence-corrected chi connectivity index (χ2v) is 8.73. The second-order valence-electron chi connectivity index (χ2n) is 7.81. The van der Waals surface area contributed by atoms with Crippen LogP contribution >= 0.6 is 15.9 Å². The Kier molecular flexibility index (Phi) is 6.70. The molecule has 7 heteroatoms. The highest BCUT2D eigenvalue weighted by Gasteiger charge is 2.27. The molecule has 0 fully saturated rings. The number of benzene rings is 1. The van der Waals surface area contributed by atoms with Gasteiger partial charge < -0.3 is 19.0 Å². The maximum Gasteiger partial charge on any atom is 0.326 e. The molecule has 27 heavy (non-hydrogen) atoms. The first-order valence-electron chi connectivity index (χ1n) is 8.82. The minimum Gasteiger partial charge on any atom is -0.459 e. The summed E-state index contributed by atoms with van der Waals surface area (Å²) in [5.74, 6) is -0.496. The summed E-state index contributed by atoms with van der Waals surface area (Å²) in [5, 5.41) is 0.873. The summed E-state index contributed by atoms with van der Waals surface area (Å²) in [6.45, 7) is 8.16. The summed E-state index contributed by atoms with van der Waals surface area (Å²) in [4.78, 5) is 28.8. The van der Waals surface area contributed by atoms with Crippen molar-refractivity contribution in [3.05, 3.63) is 34.0 Å². The van der Waals surface area contributed by atoms with Crippen molar-refractivity contribution in [2.24, 2.45) is 0 Å². The van der Waals surface area contributed by atoms with Gasteiger partial charge in [-0.25, -0.2) is 0 Å². The van der Waals surface area contributed by atoms with Crippen molar-refractivity contribution in [1.29, 1.82) is 0 Å². The van der Waals surface area contributed by atoms with Crippen LogP contribution in [0.5, 0.6) is 0 Å². The highest BCUT2D eigenvalue weighted by molar-refractivity contribution is 9.10. The van der Waals surface area contributed by atoms with E-state index in [0.29, 0.717) is 18.7 Å². The van der Waals surface area contributed by atoms with Gasteiger partial charge in [-0.05, 0) is 60.0 Å². The van der Waals surface area contributed by atoms with Crippen LogP contribution in [-0.2, 0) is 9.53 Å². The molecule has 0 aliphatic heterocycles. The SMILES string of the molecule is Cc1c(C(=O)N(CCN(C)C)CC(=O)OC(C)(C)C)oc2ccc(Br)cc12. The lowest BCUT2D eigenvalue weighted by Crippen LogP contribution is -2.42. The van der Waals surface area contributed by atoms with E-state index >= 15 is 0 Å². The fourth-order valence-corrected chi connectivity index (χ4v) is 3.00. The van der Waals surface area contributed by atoms with Crippen LogP contribution in [0.3, 0.4) is 0 Å². The van der Waals surface area contributed by atoms with E-state index in [-0.39, 0.29) is 18.2 Å². The summed E-state index contributed by atoms with van der Waals surface area (Å²) in [6.07, 6.45) is 0. The summed E-state index contributed by atoms with van der Waals surface area (Å²) >= 11 is 3.44. The van der Waals surface area contributed by atoms with Crippen LogP contribution in [0, 0.1) is 6.92 Å². The van der Waals surface area contributed by atoms with Gasteiger partial charge in [0.15, 0.2) is 5.76 Å². The van der Waals surface area contributed by atoms with Crippen molar-refractivity contribution in [2.75, 3.05) is 33.7 Å². The monoisotopic (exact) mass is 438 g/mol. The van der Waals surface area contributed by atoms with Gasteiger partial charge >= 0.3 is 5.97 Å². The molecule has 2 aromatic rings. The number of hydrogen-bond acceptors (Lipinski definition) is 5. The van der Waals surface area contributed by atoms with Crippen LogP contribution < -0.4 is 0 Å². The molecule has 0 radical (unpaired) electrons. The highest BCUT2D eigenvalue weighted by Crippen LogP contribution is 2.29. The van der Waals surface area contributed by atoms with Gasteiger partial charge in [-0.1, -0.05) is 15.9 Å². The van der Waals surface area contributed by atoms with Gasteiger partial charge in [0, 0.05) is 28.5 Å². The van der Waals surface area contributed by atoms with Crippen molar-refractivity contribution in [1.82, 2.24) is 9.80 Å². The zero-order valence-corrected chi connectivity index (χ0v) is 18.3. The molecule has 0 aliphatic carbocycles. The number of esters is 1. The van der Waals surface area contributed by atoms with Gasteiger partial charge in [-0.15, -0.1) is 0 Å². The Morgan fingerprint density at radius 1 is 1.19 bits per heavy atom. The van der Waals surface area contributed by atoms with E-state index < -0.39 is 11.6 Å². The number of likely N-dealkylation sites (N-methyl/N-ethyl adjacent to an activating group) is 1. The molecule has 0 spiro atoms. The Labute approximate surface area is 168 Å². The average Bonchev–Trinajstić information content (AvgIpc) is 2.85. The van der Waals surface area contributed by atoms with Crippen LogP contribution in [0.2, 0.25) is 0 Å². The summed E-state index contributed by atoms with van der Waals surface area (Å²) in [6, 6.07) is 5.61. The molecule has 0 bridgehead atoms. The predicted molar refractivity (Wildman–Crippen MR) is 109 cm³/mol. The molecule has 0 atom stereocenters. The molecular weight excluding hydrogens is 412 g/mol. The number of halogens is 1. The molecule has 6 nitrogen and oxygen atoms in total. The molecule has 1 amide bonds. The normalized spacial score (nSPS) is 11.9. The number of fused-ring (bicyclic) bond motifs is 1. The minimum absolute atomic E-state index is 0.121. The van der Waals surface area contributed by atoms with E-state index in [9.17, 15) is 9.59 Å². The summed E-state index contributed by atoms with van der Waals surface area (Å²) < 4.78 is 12.1. The van der Waals surface area contributed by atoms with Gasteiger partial charge in [-0.3, -0.25) is 9.59 Å². The molecule has 0 saturated carbocycles. The molecule has 0 aliphatic rings. The van der Waals surface area contributed by atoms with Gasteiger partial charge in [-0.2, -0.15) is 0 Å². The van der Waals surface area contributed by atoms with Crippen LogP contribution in [0.25, 0.3) is 11.0 Å². The summed E-state index contributed by atoms with van der Waals surface area (Å²) in [5.41, 5.74) is 0.800. The molecular formula is C20H27BrN2O4. The predicted octanol–water partition coefficient (Wildman–Crippen LogP) is 3.85. The van der Waals surface area contributed by atoms with Crippen molar-refractivity contribution < 1.29 is 18.7 Å². The first kappa shape index (κ1) is 21.4. The van der Waals surface area contributed by atoms with Gasteiger partial charge in [0.1, 0.15) is 17.7 Å².